The van der Waals surface area contributed by atoms with E-state index in [4.69, 9.17) is 21.7 Å². The highest BCUT2D eigenvalue weighted by Gasteiger charge is 2.22. The minimum absolute atomic E-state index is 0.151. The first-order valence-corrected chi connectivity index (χ1v) is 9.77. The number of para-hydroxylation sites is 1. The lowest BCUT2D eigenvalue weighted by molar-refractivity contribution is -0.118. The van der Waals surface area contributed by atoms with Gasteiger partial charge in [-0.05, 0) is 42.8 Å². The normalized spacial score (nSPS) is 14.7. The van der Waals surface area contributed by atoms with Crippen LogP contribution in [0.15, 0.2) is 53.4 Å². The molecule has 0 radical (unpaired) electrons. The third-order valence-electron chi connectivity index (χ3n) is 3.62. The van der Waals surface area contributed by atoms with E-state index in [2.05, 4.69) is 10.6 Å². The molecule has 0 spiro atoms. The van der Waals surface area contributed by atoms with E-state index in [9.17, 15) is 9.59 Å². The predicted octanol–water partition coefficient (Wildman–Crippen LogP) is 3.59. The summed E-state index contributed by atoms with van der Waals surface area (Å²) in [5, 5.41) is 5.34. The highest BCUT2D eigenvalue weighted by atomic mass is 32.2. The van der Waals surface area contributed by atoms with E-state index >= 15 is 0 Å². The van der Waals surface area contributed by atoms with Crippen molar-refractivity contribution < 1.29 is 19.1 Å². The minimum Gasteiger partial charge on any atom is -0.490 e. The van der Waals surface area contributed by atoms with Crippen LogP contribution in [0.25, 0.3) is 6.08 Å². The van der Waals surface area contributed by atoms with Gasteiger partial charge in [0.25, 0.3) is 11.8 Å². The fourth-order valence-electron chi connectivity index (χ4n) is 2.44. The first kappa shape index (κ1) is 19.9. The van der Waals surface area contributed by atoms with Gasteiger partial charge in [0.2, 0.25) is 0 Å². The van der Waals surface area contributed by atoms with Crippen molar-refractivity contribution >= 4 is 51.9 Å². The first-order chi connectivity index (χ1) is 13.5. The van der Waals surface area contributed by atoms with Gasteiger partial charge >= 0.3 is 0 Å². The second kappa shape index (κ2) is 9.38. The zero-order valence-corrected chi connectivity index (χ0v) is 16.7. The molecular weight excluding hydrogens is 396 g/mol. The third kappa shape index (κ3) is 5.34. The highest BCUT2D eigenvalue weighted by molar-refractivity contribution is 8.26. The Hall–Kier alpha value is -2.84. The van der Waals surface area contributed by atoms with Crippen molar-refractivity contribution in [3.63, 3.8) is 0 Å². The molecule has 8 heteroatoms. The number of thiocarbonyl (C=S) groups is 1. The number of benzene rings is 2. The molecule has 28 heavy (non-hydrogen) atoms. The molecule has 0 bridgehead atoms. The lowest BCUT2D eigenvalue weighted by Crippen LogP contribution is -2.20. The van der Waals surface area contributed by atoms with Crippen molar-refractivity contribution in [2.45, 2.75) is 6.92 Å². The fraction of sp³-hybridized carbons (Fsp3) is 0.150. The standard InChI is InChI=1S/C20H18N2O4S2/c1-2-25-16-10-13(11-17-19(24)22-20(27)28-17)8-9-15(16)26-12-18(23)21-14-6-4-3-5-7-14/h3-11H,2,12H2,1H3,(H,21,23)(H,22,24,27)/b17-11-. The summed E-state index contributed by atoms with van der Waals surface area (Å²) in [6, 6.07) is 14.4. The van der Waals surface area contributed by atoms with E-state index < -0.39 is 0 Å². The number of anilines is 1. The number of hydrogen-bond acceptors (Lipinski definition) is 6. The zero-order chi connectivity index (χ0) is 19.9. The summed E-state index contributed by atoms with van der Waals surface area (Å²) in [5.74, 6) is 0.458. The van der Waals surface area contributed by atoms with Crippen LogP contribution in [0.4, 0.5) is 5.69 Å². The lowest BCUT2D eigenvalue weighted by atomic mass is 10.2. The van der Waals surface area contributed by atoms with Crippen molar-refractivity contribution in [1.29, 1.82) is 0 Å². The maximum absolute atomic E-state index is 12.1. The maximum atomic E-state index is 12.1. The molecule has 6 nitrogen and oxygen atoms in total. The van der Waals surface area contributed by atoms with E-state index in [-0.39, 0.29) is 18.4 Å². The molecule has 2 N–H and O–H groups in total. The summed E-state index contributed by atoms with van der Waals surface area (Å²) in [4.78, 5) is 24.4. The monoisotopic (exact) mass is 414 g/mol. The molecule has 0 atom stereocenters. The molecule has 1 saturated heterocycles. The van der Waals surface area contributed by atoms with Gasteiger partial charge in [0.05, 0.1) is 11.5 Å². The number of amides is 2. The molecule has 144 valence electrons. The molecular formula is C20H18N2O4S2. The van der Waals surface area contributed by atoms with Crippen LogP contribution in [-0.2, 0) is 9.59 Å². The summed E-state index contributed by atoms with van der Waals surface area (Å²) in [6.07, 6.45) is 1.73. The van der Waals surface area contributed by atoms with Gasteiger partial charge in [-0.15, -0.1) is 0 Å². The zero-order valence-electron chi connectivity index (χ0n) is 15.1. The van der Waals surface area contributed by atoms with Crippen LogP contribution >= 0.6 is 24.0 Å². The van der Waals surface area contributed by atoms with Crippen molar-refractivity contribution in [1.82, 2.24) is 5.32 Å². The van der Waals surface area contributed by atoms with Crippen LogP contribution in [0.3, 0.4) is 0 Å². The van der Waals surface area contributed by atoms with Crippen LogP contribution in [0.1, 0.15) is 12.5 Å². The smallest absolute Gasteiger partial charge is 0.263 e. The second-order valence-electron chi connectivity index (χ2n) is 5.69. The average Bonchev–Trinajstić information content (AvgIpc) is 2.99. The predicted molar refractivity (Wildman–Crippen MR) is 114 cm³/mol. The number of carbonyl (C=O) groups is 2. The first-order valence-electron chi connectivity index (χ1n) is 8.54. The Labute approximate surface area is 172 Å². The molecule has 0 unspecified atom stereocenters. The van der Waals surface area contributed by atoms with Gasteiger partial charge in [-0.2, -0.15) is 0 Å². The quantitative estimate of drug-likeness (QED) is 0.533. The molecule has 1 heterocycles. The molecule has 2 aromatic carbocycles. The Balaban J connectivity index is 1.69. The second-order valence-corrected chi connectivity index (χ2v) is 7.41. The van der Waals surface area contributed by atoms with Gasteiger partial charge < -0.3 is 20.1 Å². The van der Waals surface area contributed by atoms with Gasteiger partial charge in [-0.1, -0.05) is 48.2 Å². The minimum atomic E-state index is -0.271. The van der Waals surface area contributed by atoms with Crippen LogP contribution in [-0.4, -0.2) is 29.3 Å². The van der Waals surface area contributed by atoms with E-state index in [0.29, 0.717) is 33.0 Å². The van der Waals surface area contributed by atoms with E-state index in [0.717, 1.165) is 5.56 Å². The largest absolute Gasteiger partial charge is 0.490 e. The van der Waals surface area contributed by atoms with Crippen molar-refractivity contribution in [2.24, 2.45) is 0 Å². The summed E-state index contributed by atoms with van der Waals surface area (Å²) in [7, 11) is 0. The van der Waals surface area contributed by atoms with Crippen molar-refractivity contribution in [3.05, 3.63) is 59.0 Å². The van der Waals surface area contributed by atoms with E-state index in [1.54, 1.807) is 36.4 Å². The van der Waals surface area contributed by atoms with Gasteiger partial charge in [0.15, 0.2) is 18.1 Å². The number of rotatable bonds is 7. The van der Waals surface area contributed by atoms with Gasteiger partial charge in [-0.3, -0.25) is 9.59 Å². The SMILES string of the molecule is CCOc1cc(/C=C2\SC(=S)NC2=O)ccc1OCC(=O)Nc1ccccc1. The number of ether oxygens (including phenoxy) is 2. The Kier molecular flexibility index (Phi) is 6.67. The lowest BCUT2D eigenvalue weighted by Gasteiger charge is -2.13. The van der Waals surface area contributed by atoms with Gasteiger partial charge in [-0.25, -0.2) is 0 Å². The van der Waals surface area contributed by atoms with Crippen LogP contribution in [0.5, 0.6) is 11.5 Å². The summed E-state index contributed by atoms with van der Waals surface area (Å²) in [5.41, 5.74) is 1.47. The van der Waals surface area contributed by atoms with Crippen molar-refractivity contribution in [3.8, 4) is 11.5 Å². The maximum Gasteiger partial charge on any atom is 0.263 e. The Morgan fingerprint density at radius 1 is 1.18 bits per heavy atom. The third-order valence-corrected chi connectivity index (χ3v) is 4.79. The number of nitrogens with one attached hydrogen (secondary N) is 2. The summed E-state index contributed by atoms with van der Waals surface area (Å²) in [6.45, 7) is 2.14. The van der Waals surface area contributed by atoms with Crippen LogP contribution < -0.4 is 20.1 Å². The summed E-state index contributed by atoms with van der Waals surface area (Å²) < 4.78 is 11.7. The molecule has 1 aliphatic heterocycles. The molecule has 0 saturated carbocycles. The van der Waals surface area contributed by atoms with Crippen LogP contribution in [0.2, 0.25) is 0 Å². The fourth-order valence-corrected chi connectivity index (χ4v) is 3.48. The Bertz CT molecular complexity index is 929. The van der Waals surface area contributed by atoms with Gasteiger partial charge in [0, 0.05) is 5.69 Å². The Morgan fingerprint density at radius 2 is 1.96 bits per heavy atom. The molecule has 1 fully saturated rings. The topological polar surface area (TPSA) is 76.7 Å². The van der Waals surface area contributed by atoms with E-state index in [1.807, 2.05) is 25.1 Å². The molecule has 1 aliphatic rings. The molecule has 3 rings (SSSR count). The van der Waals surface area contributed by atoms with Crippen LogP contribution in [0, 0.1) is 0 Å². The molecule has 2 aromatic rings. The number of thioether (sulfide) groups is 1. The molecule has 0 aliphatic carbocycles. The number of carbonyl (C=O) groups excluding carboxylic acids is 2. The summed E-state index contributed by atoms with van der Waals surface area (Å²) >= 11 is 6.20. The average molecular weight is 415 g/mol. The highest BCUT2D eigenvalue weighted by Crippen LogP contribution is 2.32. The molecule has 2 amide bonds. The Morgan fingerprint density at radius 3 is 2.64 bits per heavy atom. The van der Waals surface area contributed by atoms with E-state index in [1.165, 1.54) is 11.8 Å². The molecule has 0 aromatic heterocycles. The number of hydrogen-bond donors (Lipinski definition) is 2. The van der Waals surface area contributed by atoms with Crippen molar-refractivity contribution in [2.75, 3.05) is 18.5 Å². The van der Waals surface area contributed by atoms with Gasteiger partial charge in [0.1, 0.15) is 4.32 Å².